The number of alkyl halides is 2. The Morgan fingerprint density at radius 2 is 2.27 bits per heavy atom. The molecule has 0 saturated heterocycles. The molecule has 0 aromatic rings. The van der Waals surface area contributed by atoms with Crippen LogP contribution in [0.1, 0.15) is 6.92 Å². The van der Waals surface area contributed by atoms with Crippen LogP contribution in [0.3, 0.4) is 0 Å². The van der Waals surface area contributed by atoms with Gasteiger partial charge in [0.25, 0.3) is 0 Å². The zero-order valence-corrected chi connectivity index (χ0v) is 9.44. The minimum absolute atomic E-state index is 0.354. The molecule has 0 saturated carbocycles. The molecule has 2 nitrogen and oxygen atoms in total. The van der Waals surface area contributed by atoms with Gasteiger partial charge >= 0.3 is 0 Å². The second kappa shape index (κ2) is 4.26. The number of hydrogen-bond donors (Lipinski definition) is 1. The Labute approximate surface area is 83.4 Å². The van der Waals surface area contributed by atoms with Gasteiger partial charge in [0, 0.05) is 22.6 Å². The molecule has 0 fully saturated rings. The first kappa shape index (κ1) is 9.26. The molecule has 1 atom stereocenters. The standard InChI is InChI=1S/C7H10Br2N2/c1-5-7(3-9)10-4-6(2-8)11-5/h4-5,11H,2-3H2,1H3. The lowest BCUT2D eigenvalue weighted by Gasteiger charge is -2.20. The minimum Gasteiger partial charge on any atom is -0.379 e. The first-order valence-electron chi connectivity index (χ1n) is 3.42. The van der Waals surface area contributed by atoms with Gasteiger partial charge in [0.05, 0.1) is 11.8 Å². The molecule has 4 heteroatoms. The van der Waals surface area contributed by atoms with E-state index in [-0.39, 0.29) is 0 Å². The van der Waals surface area contributed by atoms with E-state index in [2.05, 4.69) is 49.1 Å². The fourth-order valence-electron chi connectivity index (χ4n) is 0.895. The molecule has 1 aliphatic rings. The summed E-state index contributed by atoms with van der Waals surface area (Å²) in [4.78, 5) is 4.30. The van der Waals surface area contributed by atoms with Crippen molar-refractivity contribution in [3.63, 3.8) is 0 Å². The van der Waals surface area contributed by atoms with Gasteiger partial charge in [-0.1, -0.05) is 31.9 Å². The monoisotopic (exact) mass is 280 g/mol. The van der Waals surface area contributed by atoms with E-state index in [1.54, 1.807) is 0 Å². The van der Waals surface area contributed by atoms with Crippen LogP contribution in [0.5, 0.6) is 0 Å². The summed E-state index contributed by atoms with van der Waals surface area (Å²) in [7, 11) is 0. The third-order valence-corrected chi connectivity index (χ3v) is 2.75. The van der Waals surface area contributed by atoms with Crippen LogP contribution < -0.4 is 5.32 Å². The molecule has 1 aliphatic heterocycles. The molecule has 0 spiro atoms. The number of halogens is 2. The van der Waals surface area contributed by atoms with E-state index < -0.39 is 0 Å². The van der Waals surface area contributed by atoms with Crippen molar-refractivity contribution in [2.75, 3.05) is 10.7 Å². The van der Waals surface area contributed by atoms with Crippen molar-refractivity contribution < 1.29 is 0 Å². The maximum absolute atomic E-state index is 4.30. The Morgan fingerprint density at radius 1 is 1.55 bits per heavy atom. The van der Waals surface area contributed by atoms with Gasteiger partial charge < -0.3 is 5.32 Å². The molecule has 0 radical (unpaired) electrons. The van der Waals surface area contributed by atoms with Crippen LogP contribution in [0.4, 0.5) is 0 Å². The maximum atomic E-state index is 4.30. The first-order valence-corrected chi connectivity index (χ1v) is 5.66. The molecule has 1 rings (SSSR count). The molecule has 11 heavy (non-hydrogen) atoms. The van der Waals surface area contributed by atoms with Crippen LogP contribution >= 0.6 is 31.9 Å². The lowest BCUT2D eigenvalue weighted by molar-refractivity contribution is 0.745. The van der Waals surface area contributed by atoms with Crippen molar-refractivity contribution in [2.45, 2.75) is 13.0 Å². The van der Waals surface area contributed by atoms with E-state index in [1.807, 2.05) is 6.20 Å². The molecule has 0 amide bonds. The molecule has 0 aromatic carbocycles. The van der Waals surface area contributed by atoms with Crippen molar-refractivity contribution in [2.24, 2.45) is 4.99 Å². The third kappa shape index (κ3) is 2.30. The van der Waals surface area contributed by atoms with E-state index in [9.17, 15) is 0 Å². The normalized spacial score (nSPS) is 23.7. The molecule has 0 aliphatic carbocycles. The highest BCUT2D eigenvalue weighted by Gasteiger charge is 2.12. The van der Waals surface area contributed by atoms with Gasteiger partial charge in [0.2, 0.25) is 0 Å². The molecule has 1 heterocycles. The highest BCUT2D eigenvalue weighted by molar-refractivity contribution is 9.09. The number of nitrogens with zero attached hydrogens (tertiary/aromatic N) is 1. The highest BCUT2D eigenvalue weighted by atomic mass is 79.9. The average Bonchev–Trinajstić information content (AvgIpc) is 2.04. The highest BCUT2D eigenvalue weighted by Crippen LogP contribution is 2.06. The molecule has 1 N–H and O–H groups in total. The van der Waals surface area contributed by atoms with Crippen LogP contribution in [0, 0.1) is 0 Å². The Bertz CT molecular complexity index is 199. The smallest absolute Gasteiger partial charge is 0.0624 e. The van der Waals surface area contributed by atoms with Gasteiger partial charge in [-0.25, -0.2) is 0 Å². The Kier molecular flexibility index (Phi) is 3.59. The van der Waals surface area contributed by atoms with Gasteiger partial charge in [-0.3, -0.25) is 4.99 Å². The van der Waals surface area contributed by atoms with Gasteiger partial charge in [0.1, 0.15) is 0 Å². The molecule has 0 bridgehead atoms. The summed E-state index contributed by atoms with van der Waals surface area (Å²) in [5.74, 6) is 0. The van der Waals surface area contributed by atoms with Crippen molar-refractivity contribution in [3.8, 4) is 0 Å². The SMILES string of the molecule is CC1NC(CBr)=CN=C1CBr. The first-order chi connectivity index (χ1) is 5.27. The summed E-state index contributed by atoms with van der Waals surface area (Å²) >= 11 is 6.75. The Morgan fingerprint density at radius 3 is 2.73 bits per heavy atom. The van der Waals surface area contributed by atoms with Gasteiger partial charge in [-0.2, -0.15) is 0 Å². The molecule has 0 aromatic heterocycles. The van der Waals surface area contributed by atoms with Crippen LogP contribution in [-0.2, 0) is 0 Å². The minimum atomic E-state index is 0.354. The fraction of sp³-hybridized carbons (Fsp3) is 0.571. The number of aliphatic imine (C=N–C) groups is 1. The lowest BCUT2D eigenvalue weighted by Crippen LogP contribution is -2.37. The quantitative estimate of drug-likeness (QED) is 0.770. The van der Waals surface area contributed by atoms with Gasteiger partial charge in [-0.15, -0.1) is 0 Å². The number of allylic oxidation sites excluding steroid dienone is 1. The van der Waals surface area contributed by atoms with Crippen molar-refractivity contribution >= 4 is 37.6 Å². The topological polar surface area (TPSA) is 24.4 Å². The molecular formula is C7H10Br2N2. The number of hydrogen-bond acceptors (Lipinski definition) is 2. The summed E-state index contributed by atoms with van der Waals surface area (Å²) < 4.78 is 0. The van der Waals surface area contributed by atoms with Gasteiger partial charge in [0.15, 0.2) is 0 Å². The summed E-state index contributed by atoms with van der Waals surface area (Å²) in [6.07, 6.45) is 1.87. The summed E-state index contributed by atoms with van der Waals surface area (Å²) in [6, 6.07) is 0.354. The van der Waals surface area contributed by atoms with Crippen LogP contribution in [0.15, 0.2) is 16.9 Å². The zero-order chi connectivity index (χ0) is 8.27. The number of nitrogens with one attached hydrogen (secondary N) is 1. The second-order valence-corrected chi connectivity index (χ2v) is 3.53. The van der Waals surface area contributed by atoms with E-state index >= 15 is 0 Å². The zero-order valence-electron chi connectivity index (χ0n) is 6.27. The summed E-state index contributed by atoms with van der Waals surface area (Å²) in [6.45, 7) is 2.11. The molecule has 1 unspecified atom stereocenters. The number of rotatable bonds is 2. The fourth-order valence-corrected chi connectivity index (χ4v) is 1.83. The molecular weight excluding hydrogens is 272 g/mol. The van der Waals surface area contributed by atoms with Crippen LogP contribution in [0.2, 0.25) is 0 Å². The van der Waals surface area contributed by atoms with Crippen LogP contribution in [0.25, 0.3) is 0 Å². The van der Waals surface area contributed by atoms with Crippen molar-refractivity contribution in [3.05, 3.63) is 11.9 Å². The van der Waals surface area contributed by atoms with E-state index in [1.165, 1.54) is 0 Å². The largest absolute Gasteiger partial charge is 0.379 e. The summed E-state index contributed by atoms with van der Waals surface area (Å²) in [5, 5.41) is 5.00. The van der Waals surface area contributed by atoms with E-state index in [0.717, 1.165) is 22.1 Å². The molecule has 62 valence electrons. The predicted molar refractivity (Wildman–Crippen MR) is 55.7 cm³/mol. The van der Waals surface area contributed by atoms with Crippen molar-refractivity contribution in [1.29, 1.82) is 0 Å². The van der Waals surface area contributed by atoms with E-state index in [4.69, 9.17) is 0 Å². The average molecular weight is 282 g/mol. The van der Waals surface area contributed by atoms with Crippen molar-refractivity contribution in [1.82, 2.24) is 5.32 Å². The Hall–Kier alpha value is 0.170. The maximum Gasteiger partial charge on any atom is 0.0624 e. The Balaban J connectivity index is 2.69. The lowest BCUT2D eigenvalue weighted by atomic mass is 10.2. The van der Waals surface area contributed by atoms with Crippen LogP contribution in [-0.4, -0.2) is 22.4 Å². The summed E-state index contributed by atoms with van der Waals surface area (Å²) in [5.41, 5.74) is 2.29. The third-order valence-electron chi connectivity index (χ3n) is 1.57. The predicted octanol–water partition coefficient (Wildman–Crippen LogP) is 2.05. The second-order valence-electron chi connectivity index (χ2n) is 2.41. The van der Waals surface area contributed by atoms with E-state index in [0.29, 0.717) is 6.04 Å². The van der Waals surface area contributed by atoms with Gasteiger partial charge in [-0.05, 0) is 6.92 Å².